The molecule has 0 aliphatic carbocycles. The van der Waals surface area contributed by atoms with E-state index in [0.717, 1.165) is 16.3 Å². The number of ether oxygens (including phenoxy) is 1. The Hall–Kier alpha value is -0.770. The van der Waals surface area contributed by atoms with Gasteiger partial charge in [0, 0.05) is 26.7 Å². The molecule has 1 aromatic carbocycles. The number of benzene rings is 1. The molecule has 0 fully saturated rings. The first-order valence-electron chi connectivity index (χ1n) is 5.30. The van der Waals surface area contributed by atoms with Gasteiger partial charge in [-0.3, -0.25) is 0 Å². The van der Waals surface area contributed by atoms with Gasteiger partial charge >= 0.3 is 0 Å². The van der Waals surface area contributed by atoms with E-state index in [1.54, 1.807) is 7.11 Å². The summed E-state index contributed by atoms with van der Waals surface area (Å²) in [5.74, 6) is 0. The van der Waals surface area contributed by atoms with Gasteiger partial charge in [-0.15, -0.1) is 0 Å². The van der Waals surface area contributed by atoms with Crippen molar-refractivity contribution < 1.29 is 4.74 Å². The molecule has 0 amide bonds. The Morgan fingerprint density at radius 2 is 2.19 bits per heavy atom. The lowest BCUT2D eigenvalue weighted by molar-refractivity contribution is 0.183. The molecule has 0 aliphatic heterocycles. The molecule has 16 heavy (non-hydrogen) atoms. The highest BCUT2D eigenvalue weighted by Crippen LogP contribution is 2.27. The van der Waals surface area contributed by atoms with Crippen LogP contribution in [0.4, 0.5) is 5.69 Å². The van der Waals surface area contributed by atoms with Crippen molar-refractivity contribution in [2.75, 3.05) is 25.7 Å². The first kappa shape index (κ1) is 13.3. The Morgan fingerprint density at radius 3 is 2.69 bits per heavy atom. The Labute approximate surface area is 102 Å². The number of nitrogens with two attached hydrogens (primary N) is 1. The van der Waals surface area contributed by atoms with Crippen molar-refractivity contribution in [3.8, 4) is 0 Å². The molecule has 0 heterocycles. The summed E-state index contributed by atoms with van der Waals surface area (Å²) in [6.07, 6.45) is 0. The maximum Gasteiger partial charge on any atom is 0.0663 e. The topological polar surface area (TPSA) is 38.5 Å². The highest BCUT2D eigenvalue weighted by molar-refractivity contribution is 6.33. The van der Waals surface area contributed by atoms with Crippen LogP contribution in [0, 0.1) is 0 Å². The number of methoxy groups -OCH3 is 1. The lowest BCUT2D eigenvalue weighted by atomic mass is 10.2. The van der Waals surface area contributed by atoms with E-state index in [1.165, 1.54) is 0 Å². The smallest absolute Gasteiger partial charge is 0.0663 e. The third kappa shape index (κ3) is 3.11. The fourth-order valence-electron chi connectivity index (χ4n) is 1.55. The average molecular weight is 243 g/mol. The molecular formula is C12H19ClN2O. The second kappa shape index (κ2) is 6.09. The van der Waals surface area contributed by atoms with E-state index in [0.29, 0.717) is 13.2 Å². The Kier molecular flexibility index (Phi) is 5.06. The molecule has 1 atom stereocenters. The maximum absolute atomic E-state index is 6.21. The highest BCUT2D eigenvalue weighted by atomic mass is 35.5. The molecular weight excluding hydrogens is 224 g/mol. The quantitative estimate of drug-likeness (QED) is 0.861. The molecule has 1 aromatic rings. The summed E-state index contributed by atoms with van der Waals surface area (Å²) in [6.45, 7) is 3.28. The molecule has 90 valence electrons. The highest BCUT2D eigenvalue weighted by Gasteiger charge is 2.12. The van der Waals surface area contributed by atoms with Crippen LogP contribution in [0.1, 0.15) is 12.5 Å². The van der Waals surface area contributed by atoms with Gasteiger partial charge in [0.15, 0.2) is 0 Å². The van der Waals surface area contributed by atoms with E-state index in [1.807, 2.05) is 25.2 Å². The van der Waals surface area contributed by atoms with Crippen LogP contribution in [0.5, 0.6) is 0 Å². The van der Waals surface area contributed by atoms with Gasteiger partial charge in [0.2, 0.25) is 0 Å². The number of anilines is 1. The second-order valence-electron chi connectivity index (χ2n) is 3.91. The summed E-state index contributed by atoms with van der Waals surface area (Å²) in [5, 5.41) is 0.730. The summed E-state index contributed by atoms with van der Waals surface area (Å²) in [5.41, 5.74) is 7.61. The predicted octanol–water partition coefficient (Wildman–Crippen LogP) is 2.27. The molecule has 1 rings (SSSR count). The Morgan fingerprint density at radius 1 is 1.50 bits per heavy atom. The molecule has 0 aliphatic rings. The SMILES string of the molecule is COCC(C)N(C)c1ccc(CN)cc1Cl. The summed E-state index contributed by atoms with van der Waals surface area (Å²) < 4.78 is 5.13. The van der Waals surface area contributed by atoms with E-state index in [9.17, 15) is 0 Å². The monoisotopic (exact) mass is 242 g/mol. The normalized spacial score (nSPS) is 12.6. The van der Waals surface area contributed by atoms with Crippen LogP contribution in [-0.2, 0) is 11.3 Å². The van der Waals surface area contributed by atoms with Crippen LogP contribution in [-0.4, -0.2) is 26.8 Å². The first-order chi connectivity index (χ1) is 7.60. The van der Waals surface area contributed by atoms with Crippen molar-refractivity contribution in [1.82, 2.24) is 0 Å². The van der Waals surface area contributed by atoms with Gasteiger partial charge in [0.25, 0.3) is 0 Å². The van der Waals surface area contributed by atoms with Crippen LogP contribution in [0.25, 0.3) is 0 Å². The van der Waals surface area contributed by atoms with Gasteiger partial charge < -0.3 is 15.4 Å². The van der Waals surface area contributed by atoms with Gasteiger partial charge in [0.1, 0.15) is 0 Å². The molecule has 0 aromatic heterocycles. The van der Waals surface area contributed by atoms with Crippen LogP contribution in [0.15, 0.2) is 18.2 Å². The number of nitrogens with zero attached hydrogens (tertiary/aromatic N) is 1. The number of likely N-dealkylation sites (N-methyl/N-ethyl adjacent to an activating group) is 1. The third-order valence-electron chi connectivity index (χ3n) is 2.70. The summed E-state index contributed by atoms with van der Waals surface area (Å²) in [4.78, 5) is 2.10. The molecule has 3 nitrogen and oxygen atoms in total. The predicted molar refractivity (Wildman–Crippen MR) is 69.1 cm³/mol. The zero-order valence-corrected chi connectivity index (χ0v) is 10.8. The molecule has 0 bridgehead atoms. The van der Waals surface area contributed by atoms with Crippen LogP contribution in [0.3, 0.4) is 0 Å². The summed E-state index contributed by atoms with van der Waals surface area (Å²) in [6, 6.07) is 6.19. The molecule has 0 spiro atoms. The number of hydrogen-bond donors (Lipinski definition) is 1. The fourth-order valence-corrected chi connectivity index (χ4v) is 1.89. The number of halogens is 1. The first-order valence-corrected chi connectivity index (χ1v) is 5.68. The molecule has 1 unspecified atom stereocenters. The van der Waals surface area contributed by atoms with Crippen molar-refractivity contribution in [3.05, 3.63) is 28.8 Å². The Bertz CT molecular complexity index is 344. The third-order valence-corrected chi connectivity index (χ3v) is 3.00. The summed E-state index contributed by atoms with van der Waals surface area (Å²) >= 11 is 6.21. The largest absolute Gasteiger partial charge is 0.383 e. The van der Waals surface area contributed by atoms with Gasteiger partial charge in [-0.25, -0.2) is 0 Å². The molecule has 2 N–H and O–H groups in total. The van der Waals surface area contributed by atoms with Gasteiger partial charge in [-0.2, -0.15) is 0 Å². The van der Waals surface area contributed by atoms with Crippen molar-refractivity contribution >= 4 is 17.3 Å². The van der Waals surface area contributed by atoms with Crippen molar-refractivity contribution in [3.63, 3.8) is 0 Å². The Balaban J connectivity index is 2.87. The van der Waals surface area contributed by atoms with Crippen LogP contribution >= 0.6 is 11.6 Å². The van der Waals surface area contributed by atoms with Crippen LogP contribution in [0.2, 0.25) is 5.02 Å². The lowest BCUT2D eigenvalue weighted by Crippen LogP contribution is -2.32. The molecule has 0 saturated heterocycles. The molecule has 4 heteroatoms. The lowest BCUT2D eigenvalue weighted by Gasteiger charge is -2.27. The molecule has 0 saturated carbocycles. The zero-order valence-electron chi connectivity index (χ0n) is 10.0. The van der Waals surface area contributed by atoms with E-state index in [-0.39, 0.29) is 6.04 Å². The zero-order chi connectivity index (χ0) is 12.1. The second-order valence-corrected chi connectivity index (χ2v) is 4.31. The van der Waals surface area contributed by atoms with Crippen LogP contribution < -0.4 is 10.6 Å². The average Bonchev–Trinajstić information content (AvgIpc) is 2.28. The van der Waals surface area contributed by atoms with Crippen molar-refractivity contribution in [2.24, 2.45) is 5.73 Å². The number of rotatable bonds is 5. The van der Waals surface area contributed by atoms with Crippen molar-refractivity contribution in [2.45, 2.75) is 19.5 Å². The number of hydrogen-bond acceptors (Lipinski definition) is 3. The standard InChI is InChI=1S/C12H19ClN2O/c1-9(8-16-3)15(2)12-5-4-10(7-14)6-11(12)13/h4-6,9H,7-8,14H2,1-3H3. The van der Waals surface area contributed by atoms with E-state index < -0.39 is 0 Å². The summed E-state index contributed by atoms with van der Waals surface area (Å²) in [7, 11) is 3.70. The fraction of sp³-hybridized carbons (Fsp3) is 0.500. The van der Waals surface area contributed by atoms with Gasteiger partial charge in [-0.1, -0.05) is 17.7 Å². The van der Waals surface area contributed by atoms with E-state index in [4.69, 9.17) is 22.1 Å². The minimum absolute atomic E-state index is 0.284. The van der Waals surface area contributed by atoms with E-state index >= 15 is 0 Å². The van der Waals surface area contributed by atoms with Gasteiger partial charge in [0.05, 0.1) is 17.3 Å². The van der Waals surface area contributed by atoms with Crippen molar-refractivity contribution in [1.29, 1.82) is 0 Å². The van der Waals surface area contributed by atoms with Gasteiger partial charge in [-0.05, 0) is 24.6 Å². The minimum atomic E-state index is 0.284. The minimum Gasteiger partial charge on any atom is -0.383 e. The maximum atomic E-state index is 6.21. The van der Waals surface area contributed by atoms with E-state index in [2.05, 4.69) is 11.8 Å². The molecule has 0 radical (unpaired) electrons.